The maximum atomic E-state index is 6.80. The van der Waals surface area contributed by atoms with E-state index >= 15 is 0 Å². The molecule has 0 saturated carbocycles. The van der Waals surface area contributed by atoms with E-state index in [-0.39, 0.29) is 0 Å². The summed E-state index contributed by atoms with van der Waals surface area (Å²) in [6.45, 7) is 5.83. The Kier molecular flexibility index (Phi) is 5.96. The first-order valence-corrected chi connectivity index (χ1v) is 14.1. The van der Waals surface area contributed by atoms with Gasteiger partial charge >= 0.3 is 0 Å². The molecule has 0 aliphatic carbocycles. The van der Waals surface area contributed by atoms with E-state index in [0.29, 0.717) is 35.4 Å². The van der Waals surface area contributed by atoms with Crippen LogP contribution in [0.1, 0.15) is 5.56 Å². The van der Waals surface area contributed by atoms with Gasteiger partial charge in [0.25, 0.3) is 0 Å². The van der Waals surface area contributed by atoms with E-state index in [0.717, 1.165) is 65.9 Å². The first kappa shape index (κ1) is 23.3. The number of aryl methyl sites for hydroxylation is 1. The van der Waals surface area contributed by atoms with Crippen molar-refractivity contribution in [3.05, 3.63) is 47.2 Å². The SMILES string of the molecule is Cn1ccc2c(-c3nc(N4CCOCC4)c4oc5ncc(CN6CCSCC6)cc5c4n3)c(Cl)ccc21. The summed E-state index contributed by atoms with van der Waals surface area (Å²) in [5.41, 5.74) is 5.10. The van der Waals surface area contributed by atoms with Gasteiger partial charge < -0.3 is 18.6 Å². The zero-order valence-corrected chi connectivity index (χ0v) is 22.2. The van der Waals surface area contributed by atoms with E-state index < -0.39 is 0 Å². The highest BCUT2D eigenvalue weighted by atomic mass is 35.5. The van der Waals surface area contributed by atoms with Crippen molar-refractivity contribution < 1.29 is 9.15 Å². The molecular weight excluding hydrogens is 508 g/mol. The molecular formula is C27H27ClN6O2S. The van der Waals surface area contributed by atoms with Gasteiger partial charge in [0.05, 0.1) is 23.6 Å². The van der Waals surface area contributed by atoms with Gasteiger partial charge in [-0.1, -0.05) is 11.6 Å². The van der Waals surface area contributed by atoms with Crippen LogP contribution in [0.3, 0.4) is 0 Å². The van der Waals surface area contributed by atoms with Crippen LogP contribution in [0.2, 0.25) is 5.02 Å². The quantitative estimate of drug-likeness (QED) is 0.320. The number of pyridine rings is 1. The van der Waals surface area contributed by atoms with Crippen LogP contribution in [0.4, 0.5) is 5.82 Å². The van der Waals surface area contributed by atoms with Crippen LogP contribution >= 0.6 is 23.4 Å². The van der Waals surface area contributed by atoms with E-state index in [1.165, 1.54) is 17.1 Å². The summed E-state index contributed by atoms with van der Waals surface area (Å²) >= 11 is 8.81. The number of furan rings is 1. The van der Waals surface area contributed by atoms with Crippen LogP contribution in [0.5, 0.6) is 0 Å². The van der Waals surface area contributed by atoms with Gasteiger partial charge in [0.2, 0.25) is 5.71 Å². The zero-order chi connectivity index (χ0) is 24.9. The number of rotatable bonds is 4. The number of hydrogen-bond donors (Lipinski definition) is 0. The van der Waals surface area contributed by atoms with Gasteiger partial charge in [0.1, 0.15) is 5.52 Å². The topological polar surface area (TPSA) is 72.5 Å². The minimum atomic E-state index is 0.581. The lowest BCUT2D eigenvalue weighted by Gasteiger charge is -2.27. The van der Waals surface area contributed by atoms with Crippen LogP contribution in [0.15, 0.2) is 41.1 Å². The van der Waals surface area contributed by atoms with Gasteiger partial charge in [-0.3, -0.25) is 4.90 Å². The van der Waals surface area contributed by atoms with Crippen LogP contribution in [0, 0.1) is 0 Å². The third-order valence-electron chi connectivity index (χ3n) is 7.27. The van der Waals surface area contributed by atoms with E-state index in [9.17, 15) is 0 Å². The average molecular weight is 535 g/mol. The molecule has 7 rings (SSSR count). The Morgan fingerprint density at radius 1 is 1.03 bits per heavy atom. The molecule has 10 heteroatoms. The van der Waals surface area contributed by atoms with E-state index in [1.54, 1.807) is 0 Å². The number of aromatic nitrogens is 4. The minimum absolute atomic E-state index is 0.581. The summed E-state index contributed by atoms with van der Waals surface area (Å²) in [6.07, 6.45) is 3.96. The highest BCUT2D eigenvalue weighted by molar-refractivity contribution is 7.99. The predicted octanol–water partition coefficient (Wildman–Crippen LogP) is 4.97. The molecule has 190 valence electrons. The van der Waals surface area contributed by atoms with Crippen molar-refractivity contribution in [3.63, 3.8) is 0 Å². The number of hydrogen-bond acceptors (Lipinski definition) is 8. The standard InChI is InChI=1S/C27H27ClN6O2S/c1-32-5-4-18-21(32)3-2-20(28)22(18)25-30-23-19-14-17(16-33-8-12-37-13-9-33)15-29-27(19)36-24(23)26(31-25)34-6-10-35-11-7-34/h2-5,14-15H,6-13,16H2,1H3. The summed E-state index contributed by atoms with van der Waals surface area (Å²) in [6, 6.07) is 8.21. The Bertz CT molecular complexity index is 1620. The molecule has 37 heavy (non-hydrogen) atoms. The molecule has 0 unspecified atom stereocenters. The number of ether oxygens (including phenoxy) is 1. The van der Waals surface area contributed by atoms with Crippen LogP contribution in [-0.2, 0) is 18.3 Å². The number of thioether (sulfide) groups is 1. The second-order valence-electron chi connectivity index (χ2n) is 9.62. The molecule has 2 aliphatic heterocycles. The Morgan fingerprint density at radius 3 is 2.70 bits per heavy atom. The van der Waals surface area contributed by atoms with Crippen molar-refractivity contribution in [3.8, 4) is 11.4 Å². The van der Waals surface area contributed by atoms with Crippen molar-refractivity contribution >= 4 is 62.3 Å². The molecule has 0 radical (unpaired) electrons. The van der Waals surface area contributed by atoms with Crippen LogP contribution in [-0.4, -0.2) is 75.3 Å². The van der Waals surface area contributed by atoms with Gasteiger partial charge in [0.15, 0.2) is 17.2 Å². The first-order valence-electron chi connectivity index (χ1n) is 12.6. The molecule has 0 amide bonds. The number of morpholine rings is 1. The van der Waals surface area contributed by atoms with Gasteiger partial charge in [0, 0.05) is 80.1 Å². The van der Waals surface area contributed by atoms with Crippen LogP contribution < -0.4 is 4.90 Å². The smallest absolute Gasteiger partial charge is 0.229 e. The van der Waals surface area contributed by atoms with Crippen molar-refractivity contribution in [1.29, 1.82) is 0 Å². The monoisotopic (exact) mass is 534 g/mol. The molecule has 5 aromatic rings. The summed E-state index contributed by atoms with van der Waals surface area (Å²) in [5, 5.41) is 2.56. The maximum Gasteiger partial charge on any atom is 0.229 e. The van der Waals surface area contributed by atoms with E-state index in [1.807, 2.05) is 43.3 Å². The number of fused-ring (bicyclic) bond motifs is 4. The van der Waals surface area contributed by atoms with Gasteiger partial charge in [-0.15, -0.1) is 0 Å². The molecule has 2 saturated heterocycles. The van der Waals surface area contributed by atoms with Gasteiger partial charge in [-0.05, 0) is 29.8 Å². The molecule has 2 fully saturated rings. The van der Waals surface area contributed by atoms with E-state index in [4.69, 9.17) is 35.7 Å². The lowest BCUT2D eigenvalue weighted by atomic mass is 10.1. The molecule has 4 aromatic heterocycles. The van der Waals surface area contributed by atoms with Crippen molar-refractivity contribution in [2.75, 3.05) is 55.8 Å². The van der Waals surface area contributed by atoms with Crippen molar-refractivity contribution in [2.24, 2.45) is 7.05 Å². The van der Waals surface area contributed by atoms with Crippen LogP contribution in [0.25, 0.3) is 44.5 Å². The summed E-state index contributed by atoms with van der Waals surface area (Å²) in [5.74, 6) is 3.71. The maximum absolute atomic E-state index is 6.80. The summed E-state index contributed by atoms with van der Waals surface area (Å²) in [7, 11) is 2.03. The third-order valence-corrected chi connectivity index (χ3v) is 8.53. The molecule has 6 heterocycles. The lowest BCUT2D eigenvalue weighted by Crippen LogP contribution is -2.37. The Balaban J connectivity index is 1.43. The number of benzene rings is 1. The van der Waals surface area contributed by atoms with E-state index in [2.05, 4.69) is 26.5 Å². The molecule has 0 spiro atoms. The number of halogens is 1. The Morgan fingerprint density at radius 2 is 1.86 bits per heavy atom. The van der Waals surface area contributed by atoms with Gasteiger partial charge in [-0.2, -0.15) is 11.8 Å². The van der Waals surface area contributed by atoms with Crippen molar-refractivity contribution in [2.45, 2.75) is 6.54 Å². The second-order valence-corrected chi connectivity index (χ2v) is 11.2. The molecule has 1 aromatic carbocycles. The molecule has 0 bridgehead atoms. The Labute approximate surface area is 223 Å². The highest BCUT2D eigenvalue weighted by Gasteiger charge is 2.25. The second kappa shape index (κ2) is 9.47. The van der Waals surface area contributed by atoms with Crippen molar-refractivity contribution in [1.82, 2.24) is 24.4 Å². The third kappa shape index (κ3) is 4.14. The lowest BCUT2D eigenvalue weighted by molar-refractivity contribution is 0.122. The fraction of sp³-hybridized carbons (Fsp3) is 0.370. The largest absolute Gasteiger partial charge is 0.432 e. The normalized spacial score (nSPS) is 17.4. The predicted molar refractivity (Wildman–Crippen MR) is 150 cm³/mol. The number of nitrogens with zero attached hydrogens (tertiary/aromatic N) is 6. The fourth-order valence-corrected chi connectivity index (χ4v) is 6.54. The Hall–Kier alpha value is -2.85. The number of anilines is 1. The molecule has 0 atom stereocenters. The zero-order valence-electron chi connectivity index (χ0n) is 20.6. The molecule has 8 nitrogen and oxygen atoms in total. The highest BCUT2D eigenvalue weighted by Crippen LogP contribution is 2.39. The molecule has 0 N–H and O–H groups in total. The minimum Gasteiger partial charge on any atom is -0.432 e. The first-order chi connectivity index (χ1) is 18.2. The fourth-order valence-electron chi connectivity index (χ4n) is 5.32. The van der Waals surface area contributed by atoms with Gasteiger partial charge in [-0.25, -0.2) is 15.0 Å². The summed E-state index contributed by atoms with van der Waals surface area (Å²) < 4.78 is 14.0. The summed E-state index contributed by atoms with van der Waals surface area (Å²) in [4.78, 5) is 19.5. The average Bonchev–Trinajstić information content (AvgIpc) is 3.49. The molecule has 2 aliphatic rings.